The van der Waals surface area contributed by atoms with Gasteiger partial charge in [0.1, 0.15) is 5.75 Å². The summed E-state index contributed by atoms with van der Waals surface area (Å²) in [5.41, 5.74) is 1.17. The Kier molecular flexibility index (Phi) is 8.21. The highest BCUT2D eigenvalue weighted by Gasteiger charge is 1.95. The summed E-state index contributed by atoms with van der Waals surface area (Å²) in [6.45, 7) is 4.04. The van der Waals surface area contributed by atoms with Gasteiger partial charge < -0.3 is 19.5 Å². The van der Waals surface area contributed by atoms with E-state index in [1.165, 1.54) is 5.56 Å². The van der Waals surface area contributed by atoms with Crippen LogP contribution in [0.25, 0.3) is 0 Å². The first-order valence-corrected chi connectivity index (χ1v) is 6.27. The highest BCUT2D eigenvalue weighted by atomic mass is 16.5. The summed E-state index contributed by atoms with van der Waals surface area (Å²) >= 11 is 0. The molecule has 0 atom stereocenters. The van der Waals surface area contributed by atoms with E-state index in [0.717, 1.165) is 38.5 Å². The Morgan fingerprint density at radius 3 is 2.44 bits per heavy atom. The van der Waals surface area contributed by atoms with E-state index in [1.807, 2.05) is 24.3 Å². The number of methoxy groups -OCH3 is 2. The molecule has 4 heteroatoms. The summed E-state index contributed by atoms with van der Waals surface area (Å²) in [4.78, 5) is 0. The summed E-state index contributed by atoms with van der Waals surface area (Å²) < 4.78 is 15.6. The average molecular weight is 253 g/mol. The van der Waals surface area contributed by atoms with Crippen LogP contribution in [-0.4, -0.2) is 40.5 Å². The molecule has 0 aromatic heterocycles. The van der Waals surface area contributed by atoms with Crippen LogP contribution >= 0.6 is 0 Å². The van der Waals surface area contributed by atoms with Crippen molar-refractivity contribution in [1.82, 2.24) is 5.32 Å². The van der Waals surface area contributed by atoms with Gasteiger partial charge in [-0.25, -0.2) is 0 Å². The van der Waals surface area contributed by atoms with E-state index in [2.05, 4.69) is 5.32 Å². The van der Waals surface area contributed by atoms with Gasteiger partial charge in [0, 0.05) is 20.3 Å². The van der Waals surface area contributed by atoms with E-state index in [9.17, 15) is 0 Å². The molecule has 1 rings (SSSR count). The van der Waals surface area contributed by atoms with Crippen LogP contribution in [-0.2, 0) is 16.1 Å². The molecule has 0 spiro atoms. The van der Waals surface area contributed by atoms with Crippen molar-refractivity contribution in [2.24, 2.45) is 0 Å². The number of nitrogens with one attached hydrogen (secondary N) is 1. The number of rotatable bonds is 10. The van der Waals surface area contributed by atoms with Gasteiger partial charge in [0.25, 0.3) is 0 Å². The molecule has 0 heterocycles. The van der Waals surface area contributed by atoms with Gasteiger partial charge in [0.05, 0.1) is 20.3 Å². The maximum absolute atomic E-state index is 5.59. The average Bonchev–Trinajstić information content (AvgIpc) is 2.42. The molecule has 0 aliphatic rings. The summed E-state index contributed by atoms with van der Waals surface area (Å²) in [6, 6.07) is 7.95. The number of hydrogen-bond donors (Lipinski definition) is 1. The van der Waals surface area contributed by atoms with E-state index in [1.54, 1.807) is 14.2 Å². The molecule has 0 amide bonds. The van der Waals surface area contributed by atoms with Crippen LogP contribution in [0.15, 0.2) is 24.3 Å². The lowest BCUT2D eigenvalue weighted by Crippen LogP contribution is -2.21. The maximum atomic E-state index is 5.59. The van der Waals surface area contributed by atoms with E-state index < -0.39 is 0 Å². The molecule has 0 aliphatic carbocycles. The molecule has 0 saturated carbocycles. The monoisotopic (exact) mass is 253 g/mol. The van der Waals surface area contributed by atoms with E-state index in [-0.39, 0.29) is 0 Å². The normalized spacial score (nSPS) is 10.6. The SMILES string of the molecule is COCCNCCCOCc1ccc(OC)cc1. The lowest BCUT2D eigenvalue weighted by Gasteiger charge is -2.06. The molecule has 0 unspecified atom stereocenters. The van der Waals surface area contributed by atoms with Crippen molar-refractivity contribution in [1.29, 1.82) is 0 Å². The van der Waals surface area contributed by atoms with Gasteiger partial charge in [-0.2, -0.15) is 0 Å². The largest absolute Gasteiger partial charge is 0.497 e. The third-order valence-electron chi connectivity index (χ3n) is 2.55. The first-order valence-electron chi connectivity index (χ1n) is 6.27. The van der Waals surface area contributed by atoms with Gasteiger partial charge in [-0.05, 0) is 30.7 Å². The van der Waals surface area contributed by atoms with Crippen molar-refractivity contribution in [3.8, 4) is 5.75 Å². The predicted octanol–water partition coefficient (Wildman–Crippen LogP) is 1.84. The van der Waals surface area contributed by atoms with Gasteiger partial charge in [-0.3, -0.25) is 0 Å². The van der Waals surface area contributed by atoms with E-state index in [0.29, 0.717) is 6.61 Å². The number of benzene rings is 1. The molecule has 0 radical (unpaired) electrons. The quantitative estimate of drug-likeness (QED) is 0.646. The fraction of sp³-hybridized carbons (Fsp3) is 0.571. The summed E-state index contributed by atoms with van der Waals surface area (Å²) in [6.07, 6.45) is 1.01. The van der Waals surface area contributed by atoms with Crippen molar-refractivity contribution < 1.29 is 14.2 Å². The van der Waals surface area contributed by atoms with Crippen molar-refractivity contribution in [3.63, 3.8) is 0 Å². The number of ether oxygens (including phenoxy) is 3. The Morgan fingerprint density at radius 2 is 1.78 bits per heavy atom. The topological polar surface area (TPSA) is 39.7 Å². The van der Waals surface area contributed by atoms with Crippen molar-refractivity contribution in [2.75, 3.05) is 40.5 Å². The molecule has 1 N–H and O–H groups in total. The van der Waals surface area contributed by atoms with Gasteiger partial charge in [-0.15, -0.1) is 0 Å². The molecule has 0 bridgehead atoms. The van der Waals surface area contributed by atoms with Crippen LogP contribution in [0.4, 0.5) is 0 Å². The maximum Gasteiger partial charge on any atom is 0.118 e. The molecule has 0 saturated heterocycles. The zero-order valence-electron chi connectivity index (χ0n) is 11.3. The fourth-order valence-electron chi connectivity index (χ4n) is 1.51. The van der Waals surface area contributed by atoms with Crippen LogP contribution in [0.5, 0.6) is 5.75 Å². The van der Waals surface area contributed by atoms with Gasteiger partial charge >= 0.3 is 0 Å². The van der Waals surface area contributed by atoms with E-state index >= 15 is 0 Å². The highest BCUT2D eigenvalue weighted by Crippen LogP contribution is 2.11. The van der Waals surface area contributed by atoms with Crippen LogP contribution < -0.4 is 10.1 Å². The molecule has 4 nitrogen and oxygen atoms in total. The fourth-order valence-corrected chi connectivity index (χ4v) is 1.51. The molecular formula is C14H23NO3. The van der Waals surface area contributed by atoms with Crippen molar-refractivity contribution in [2.45, 2.75) is 13.0 Å². The lowest BCUT2D eigenvalue weighted by atomic mass is 10.2. The summed E-state index contributed by atoms with van der Waals surface area (Å²) in [5, 5.41) is 3.28. The Bertz CT molecular complexity index is 300. The third-order valence-corrected chi connectivity index (χ3v) is 2.55. The standard InChI is InChI=1S/C14H23NO3/c1-16-11-9-15-8-3-10-18-12-13-4-6-14(17-2)7-5-13/h4-7,15H,3,8-12H2,1-2H3. The summed E-state index contributed by atoms with van der Waals surface area (Å²) in [7, 11) is 3.38. The summed E-state index contributed by atoms with van der Waals surface area (Å²) in [5.74, 6) is 0.876. The second kappa shape index (κ2) is 9.88. The van der Waals surface area contributed by atoms with E-state index in [4.69, 9.17) is 14.2 Å². The van der Waals surface area contributed by atoms with Gasteiger partial charge in [0.2, 0.25) is 0 Å². The van der Waals surface area contributed by atoms with Crippen LogP contribution in [0.3, 0.4) is 0 Å². The van der Waals surface area contributed by atoms with Crippen molar-refractivity contribution >= 4 is 0 Å². The Balaban J connectivity index is 2.00. The first-order chi connectivity index (χ1) is 8.86. The van der Waals surface area contributed by atoms with Crippen LogP contribution in [0.1, 0.15) is 12.0 Å². The zero-order chi connectivity index (χ0) is 13.1. The molecule has 1 aromatic rings. The minimum atomic E-state index is 0.655. The Morgan fingerprint density at radius 1 is 1.00 bits per heavy atom. The molecule has 1 aromatic carbocycles. The van der Waals surface area contributed by atoms with Gasteiger partial charge in [-0.1, -0.05) is 12.1 Å². The van der Waals surface area contributed by atoms with Crippen LogP contribution in [0.2, 0.25) is 0 Å². The van der Waals surface area contributed by atoms with Crippen LogP contribution in [0, 0.1) is 0 Å². The van der Waals surface area contributed by atoms with Crippen molar-refractivity contribution in [3.05, 3.63) is 29.8 Å². The minimum Gasteiger partial charge on any atom is -0.497 e. The minimum absolute atomic E-state index is 0.655. The highest BCUT2D eigenvalue weighted by molar-refractivity contribution is 5.26. The smallest absolute Gasteiger partial charge is 0.118 e. The molecule has 0 fully saturated rings. The zero-order valence-corrected chi connectivity index (χ0v) is 11.3. The Hall–Kier alpha value is -1.10. The van der Waals surface area contributed by atoms with Gasteiger partial charge in [0.15, 0.2) is 0 Å². The third kappa shape index (κ3) is 6.59. The predicted molar refractivity (Wildman–Crippen MR) is 72.0 cm³/mol. The molecule has 102 valence electrons. The molecular weight excluding hydrogens is 230 g/mol. The second-order valence-corrected chi connectivity index (χ2v) is 4.00. The Labute approximate surface area is 109 Å². The number of hydrogen-bond acceptors (Lipinski definition) is 4. The second-order valence-electron chi connectivity index (χ2n) is 4.00. The molecule has 18 heavy (non-hydrogen) atoms. The lowest BCUT2D eigenvalue weighted by molar-refractivity contribution is 0.117. The first kappa shape index (κ1) is 15.0. The molecule has 0 aliphatic heterocycles.